The molecule has 76 valence electrons. The molecule has 0 aromatic heterocycles. The van der Waals surface area contributed by atoms with Gasteiger partial charge in [-0.3, -0.25) is 0 Å². The number of rotatable bonds is 5. The van der Waals surface area contributed by atoms with Crippen molar-refractivity contribution in [1.29, 1.82) is 0 Å². The average molecular weight is 207 g/mol. The monoisotopic (exact) mass is 207 g/mol. The van der Waals surface area contributed by atoms with Crippen molar-refractivity contribution in [3.05, 3.63) is 23.3 Å². The van der Waals surface area contributed by atoms with Crippen LogP contribution in [-0.2, 0) is 14.8 Å². The zero-order valence-corrected chi connectivity index (χ0v) is 8.17. The van der Waals surface area contributed by atoms with E-state index in [1.54, 1.807) is 0 Å². The molecule has 0 spiro atoms. The number of primary sulfonamides is 1. The summed E-state index contributed by atoms with van der Waals surface area (Å²) in [5.74, 6) is -0.0564. The van der Waals surface area contributed by atoms with Crippen LogP contribution in [0.25, 0.3) is 0 Å². The van der Waals surface area contributed by atoms with Gasteiger partial charge in [-0.2, -0.15) is 0 Å². The fourth-order valence-electron chi connectivity index (χ4n) is 0.724. The van der Waals surface area contributed by atoms with Crippen molar-refractivity contribution in [3.8, 4) is 0 Å². The van der Waals surface area contributed by atoms with Crippen molar-refractivity contribution in [1.82, 2.24) is 0 Å². The second kappa shape index (κ2) is 5.00. The summed E-state index contributed by atoms with van der Waals surface area (Å²) in [4.78, 5) is -0.166. The quantitative estimate of drug-likeness (QED) is 0.478. The van der Waals surface area contributed by atoms with E-state index in [1.165, 1.54) is 13.0 Å². The van der Waals surface area contributed by atoms with Gasteiger partial charge in [-0.05, 0) is 6.92 Å². The third kappa shape index (κ3) is 4.07. The van der Waals surface area contributed by atoms with Crippen LogP contribution in [-0.4, -0.2) is 26.7 Å². The summed E-state index contributed by atoms with van der Waals surface area (Å²) in [5.41, 5.74) is 0. The van der Waals surface area contributed by atoms with Crippen molar-refractivity contribution in [3.63, 3.8) is 0 Å². The zero-order chi connectivity index (χ0) is 10.5. The molecule has 0 aliphatic carbocycles. The molecule has 0 fully saturated rings. The van der Waals surface area contributed by atoms with Crippen LogP contribution in [0.5, 0.6) is 0 Å². The molecular weight excluding hydrogens is 194 g/mol. The molecule has 0 unspecified atom stereocenters. The molecule has 3 N–H and O–H groups in total. The summed E-state index contributed by atoms with van der Waals surface area (Å²) >= 11 is 0. The first-order valence-corrected chi connectivity index (χ1v) is 5.10. The highest BCUT2D eigenvalue weighted by atomic mass is 32.2. The van der Waals surface area contributed by atoms with Gasteiger partial charge in [0.25, 0.3) is 0 Å². The highest BCUT2D eigenvalue weighted by Gasteiger charge is 2.15. The van der Waals surface area contributed by atoms with Gasteiger partial charge in [-0.1, -0.05) is 12.7 Å². The topological polar surface area (TPSA) is 89.6 Å². The minimum Gasteiger partial charge on any atom is -0.490 e. The molecule has 5 nitrogen and oxygen atoms in total. The van der Waals surface area contributed by atoms with Crippen LogP contribution in [0, 0.1) is 0 Å². The highest BCUT2D eigenvalue weighted by molar-refractivity contribution is 7.93. The molecule has 0 rings (SSSR count). The number of sulfonamides is 1. The maximum atomic E-state index is 10.9. The van der Waals surface area contributed by atoms with Gasteiger partial charge in [0, 0.05) is 0 Å². The molecule has 0 saturated heterocycles. The number of hydrogen-bond acceptors (Lipinski definition) is 4. The Hall–Kier alpha value is -0.850. The van der Waals surface area contributed by atoms with Crippen LogP contribution < -0.4 is 5.14 Å². The van der Waals surface area contributed by atoms with Gasteiger partial charge in [0.2, 0.25) is 10.0 Å². The minimum atomic E-state index is -3.79. The Morgan fingerprint density at radius 2 is 2.23 bits per heavy atom. The number of aliphatic hydroxyl groups excluding tert-OH is 1. The second-order valence-electron chi connectivity index (χ2n) is 2.19. The Balaban J connectivity index is 4.55. The van der Waals surface area contributed by atoms with Crippen molar-refractivity contribution >= 4 is 10.0 Å². The summed E-state index contributed by atoms with van der Waals surface area (Å²) in [6, 6.07) is 0. The summed E-state index contributed by atoms with van der Waals surface area (Å²) in [7, 11) is -3.79. The molecule has 0 aromatic carbocycles. The van der Waals surface area contributed by atoms with Crippen molar-refractivity contribution in [2.24, 2.45) is 5.14 Å². The fourth-order valence-corrected chi connectivity index (χ4v) is 1.43. The standard InChI is InChI=1S/C7H13NO4S/c1-3-7(13(8,10)11)6(2)12-5-4-9/h3,9H,2,4-5H2,1H3,(H2,8,10,11)/b7-3+. The van der Waals surface area contributed by atoms with Gasteiger partial charge < -0.3 is 9.84 Å². The zero-order valence-electron chi connectivity index (χ0n) is 7.36. The molecule has 0 saturated carbocycles. The maximum absolute atomic E-state index is 10.9. The smallest absolute Gasteiger partial charge is 0.241 e. The number of hydrogen-bond donors (Lipinski definition) is 2. The summed E-state index contributed by atoms with van der Waals surface area (Å²) in [6.07, 6.45) is 1.29. The van der Waals surface area contributed by atoms with Crippen LogP contribution in [0.15, 0.2) is 23.3 Å². The van der Waals surface area contributed by atoms with Gasteiger partial charge in [-0.25, -0.2) is 13.6 Å². The molecule has 0 heterocycles. The lowest BCUT2D eigenvalue weighted by Crippen LogP contribution is -2.17. The molecule has 0 bridgehead atoms. The molecule has 0 aliphatic heterocycles. The Kier molecular flexibility index (Phi) is 4.68. The Morgan fingerprint density at radius 3 is 2.54 bits per heavy atom. The van der Waals surface area contributed by atoms with Crippen molar-refractivity contribution < 1.29 is 18.3 Å². The maximum Gasteiger partial charge on any atom is 0.241 e. The van der Waals surface area contributed by atoms with E-state index in [4.69, 9.17) is 15.0 Å². The van der Waals surface area contributed by atoms with Gasteiger partial charge in [-0.15, -0.1) is 0 Å². The summed E-state index contributed by atoms with van der Waals surface area (Å²) < 4.78 is 26.5. The van der Waals surface area contributed by atoms with Crippen molar-refractivity contribution in [2.75, 3.05) is 13.2 Å². The second-order valence-corrected chi connectivity index (χ2v) is 3.72. The first-order valence-electron chi connectivity index (χ1n) is 3.55. The lowest BCUT2D eigenvalue weighted by molar-refractivity contribution is 0.152. The third-order valence-electron chi connectivity index (χ3n) is 1.21. The molecule has 0 aliphatic rings. The van der Waals surface area contributed by atoms with Crippen LogP contribution >= 0.6 is 0 Å². The molecule has 0 amide bonds. The summed E-state index contributed by atoms with van der Waals surface area (Å²) in [5, 5.41) is 13.3. The number of ether oxygens (including phenoxy) is 1. The van der Waals surface area contributed by atoms with E-state index < -0.39 is 10.0 Å². The molecule has 13 heavy (non-hydrogen) atoms. The van der Waals surface area contributed by atoms with E-state index in [1.807, 2.05) is 0 Å². The fraction of sp³-hybridized carbons (Fsp3) is 0.429. The van der Waals surface area contributed by atoms with Gasteiger partial charge >= 0.3 is 0 Å². The lowest BCUT2D eigenvalue weighted by atomic mass is 10.4. The first kappa shape index (κ1) is 12.2. The predicted octanol–water partition coefficient (Wildman–Crippen LogP) is -0.299. The average Bonchev–Trinajstić information content (AvgIpc) is 1.99. The van der Waals surface area contributed by atoms with Crippen LogP contribution in [0.4, 0.5) is 0 Å². The molecule has 0 radical (unpaired) electrons. The third-order valence-corrected chi connectivity index (χ3v) is 2.29. The number of aliphatic hydroxyl groups is 1. The van der Waals surface area contributed by atoms with Gasteiger partial charge in [0.1, 0.15) is 17.3 Å². The van der Waals surface area contributed by atoms with E-state index in [0.29, 0.717) is 0 Å². The number of allylic oxidation sites excluding steroid dienone is 1. The Morgan fingerprint density at radius 1 is 1.69 bits per heavy atom. The van der Waals surface area contributed by atoms with Gasteiger partial charge in [0.05, 0.1) is 6.61 Å². The molecule has 0 atom stereocenters. The lowest BCUT2D eigenvalue weighted by Gasteiger charge is -2.08. The minimum absolute atomic E-state index is 0.00824. The largest absolute Gasteiger partial charge is 0.490 e. The van der Waals surface area contributed by atoms with E-state index in [9.17, 15) is 8.42 Å². The Bertz CT molecular complexity index is 304. The van der Waals surface area contributed by atoms with E-state index in [-0.39, 0.29) is 23.9 Å². The number of nitrogens with two attached hydrogens (primary N) is 1. The SMILES string of the molecule is C=C(OCCO)/C(=C\C)S(N)(=O)=O. The van der Waals surface area contributed by atoms with E-state index >= 15 is 0 Å². The van der Waals surface area contributed by atoms with Crippen LogP contribution in [0.2, 0.25) is 0 Å². The highest BCUT2D eigenvalue weighted by Crippen LogP contribution is 2.13. The van der Waals surface area contributed by atoms with Gasteiger partial charge in [0.15, 0.2) is 0 Å². The van der Waals surface area contributed by atoms with Crippen LogP contribution in [0.1, 0.15) is 6.92 Å². The molecule has 6 heteroatoms. The first-order chi connectivity index (χ1) is 5.93. The molecular formula is C7H13NO4S. The summed E-state index contributed by atoms with van der Waals surface area (Å²) in [6.45, 7) is 4.66. The van der Waals surface area contributed by atoms with Crippen molar-refractivity contribution in [2.45, 2.75) is 6.92 Å². The van der Waals surface area contributed by atoms with E-state index in [2.05, 4.69) is 6.58 Å². The predicted molar refractivity (Wildman–Crippen MR) is 49.0 cm³/mol. The normalized spacial score (nSPS) is 12.7. The Labute approximate surface area is 77.6 Å². The van der Waals surface area contributed by atoms with E-state index in [0.717, 1.165) is 0 Å². The molecule has 0 aromatic rings. The van der Waals surface area contributed by atoms with Crippen LogP contribution in [0.3, 0.4) is 0 Å².